The second-order valence-corrected chi connectivity index (χ2v) is 3.48. The van der Waals surface area contributed by atoms with Gasteiger partial charge in [0, 0.05) is 7.11 Å². The van der Waals surface area contributed by atoms with Crippen molar-refractivity contribution in [2.24, 2.45) is 5.73 Å². The number of nitrogens with two attached hydrogens (primary N) is 1. The first-order chi connectivity index (χ1) is 6.31. The molecule has 0 aromatic carbocycles. The van der Waals surface area contributed by atoms with Crippen LogP contribution >= 0.6 is 0 Å². The Morgan fingerprint density at radius 2 is 2.07 bits per heavy atom. The molecule has 6 nitrogen and oxygen atoms in total. The topological polar surface area (TPSA) is 102 Å². The molecule has 82 valence electrons. The molecule has 0 radical (unpaired) electrons. The number of amides is 1. The molecule has 0 heterocycles. The van der Waals surface area contributed by atoms with Gasteiger partial charge in [-0.1, -0.05) is 0 Å². The first-order valence-electron chi connectivity index (χ1n) is 4.10. The summed E-state index contributed by atoms with van der Waals surface area (Å²) in [7, 11) is 1.38. The maximum absolute atomic E-state index is 10.9. The fourth-order valence-electron chi connectivity index (χ4n) is 0.848. The van der Waals surface area contributed by atoms with Crippen molar-refractivity contribution in [2.45, 2.75) is 25.4 Å². The zero-order valence-corrected chi connectivity index (χ0v) is 8.53. The van der Waals surface area contributed by atoms with Crippen molar-refractivity contribution >= 4 is 11.9 Å². The van der Waals surface area contributed by atoms with Gasteiger partial charge in [0.2, 0.25) is 5.91 Å². The molecular formula is C8H16N2O4. The number of ether oxygens (including phenoxy) is 1. The molecule has 1 amide bonds. The molecule has 6 heteroatoms. The van der Waals surface area contributed by atoms with Crippen LogP contribution in [0.5, 0.6) is 0 Å². The van der Waals surface area contributed by atoms with Gasteiger partial charge in [-0.3, -0.25) is 14.9 Å². The molecule has 0 saturated heterocycles. The van der Waals surface area contributed by atoms with Gasteiger partial charge in [-0.05, 0) is 13.8 Å². The summed E-state index contributed by atoms with van der Waals surface area (Å²) in [5.41, 5.74) is 4.01. The summed E-state index contributed by atoms with van der Waals surface area (Å²) in [6.07, 6.45) is 0. The summed E-state index contributed by atoms with van der Waals surface area (Å²) in [6, 6.07) is -0.942. The molecule has 4 N–H and O–H groups in total. The SMILES string of the molecule is COCC(NC(C)(C)C(N)=O)C(=O)O. The van der Waals surface area contributed by atoms with E-state index in [1.54, 1.807) is 0 Å². The van der Waals surface area contributed by atoms with Crippen molar-refractivity contribution in [1.82, 2.24) is 5.32 Å². The van der Waals surface area contributed by atoms with Gasteiger partial charge in [-0.25, -0.2) is 0 Å². The number of carboxylic acids is 1. The maximum Gasteiger partial charge on any atom is 0.323 e. The zero-order valence-electron chi connectivity index (χ0n) is 8.53. The third-order valence-corrected chi connectivity index (χ3v) is 1.78. The highest BCUT2D eigenvalue weighted by atomic mass is 16.5. The fourth-order valence-corrected chi connectivity index (χ4v) is 0.848. The lowest BCUT2D eigenvalue weighted by molar-refractivity contribution is -0.142. The van der Waals surface area contributed by atoms with Crippen LogP contribution in [0.1, 0.15) is 13.8 Å². The minimum atomic E-state index is -1.08. The average molecular weight is 204 g/mol. The van der Waals surface area contributed by atoms with Crippen LogP contribution in [0.4, 0.5) is 0 Å². The highest BCUT2D eigenvalue weighted by Crippen LogP contribution is 2.03. The van der Waals surface area contributed by atoms with Gasteiger partial charge in [0.05, 0.1) is 12.1 Å². The molecule has 0 fully saturated rings. The van der Waals surface area contributed by atoms with Crippen LogP contribution in [0.25, 0.3) is 0 Å². The molecule has 0 spiro atoms. The highest BCUT2D eigenvalue weighted by Gasteiger charge is 2.30. The molecule has 0 aliphatic carbocycles. The van der Waals surface area contributed by atoms with Crippen molar-refractivity contribution in [2.75, 3.05) is 13.7 Å². The Labute approximate surface area is 82.4 Å². The number of aliphatic carboxylic acids is 1. The normalized spacial score (nSPS) is 13.6. The number of rotatable bonds is 6. The van der Waals surface area contributed by atoms with Gasteiger partial charge in [0.25, 0.3) is 0 Å². The zero-order chi connectivity index (χ0) is 11.4. The van der Waals surface area contributed by atoms with E-state index < -0.39 is 23.5 Å². The van der Waals surface area contributed by atoms with E-state index >= 15 is 0 Å². The highest BCUT2D eigenvalue weighted by molar-refractivity contribution is 5.85. The summed E-state index contributed by atoms with van der Waals surface area (Å²) in [5.74, 6) is -1.69. The molecular weight excluding hydrogens is 188 g/mol. The Bertz CT molecular complexity index is 227. The van der Waals surface area contributed by atoms with Crippen LogP contribution in [0.2, 0.25) is 0 Å². The second kappa shape index (κ2) is 4.92. The summed E-state index contributed by atoms with van der Waals surface area (Å²) < 4.78 is 4.70. The summed E-state index contributed by atoms with van der Waals surface area (Å²) >= 11 is 0. The minimum absolute atomic E-state index is 0.0218. The largest absolute Gasteiger partial charge is 0.480 e. The maximum atomic E-state index is 10.9. The van der Waals surface area contributed by atoms with E-state index in [0.29, 0.717) is 0 Å². The average Bonchev–Trinajstić information content (AvgIpc) is 2.02. The van der Waals surface area contributed by atoms with Gasteiger partial charge in [0.15, 0.2) is 0 Å². The summed E-state index contributed by atoms with van der Waals surface area (Å²) in [4.78, 5) is 21.6. The molecule has 0 bridgehead atoms. The standard InChI is InChI=1S/C8H16N2O4/c1-8(2,7(9)13)10-5(4-14-3)6(11)12/h5,10H,4H2,1-3H3,(H2,9,13)(H,11,12). The van der Waals surface area contributed by atoms with Gasteiger partial charge in [0.1, 0.15) is 6.04 Å². The molecule has 0 saturated carbocycles. The Morgan fingerprint density at radius 3 is 2.36 bits per heavy atom. The van der Waals surface area contributed by atoms with Crippen LogP contribution in [0.3, 0.4) is 0 Å². The summed E-state index contributed by atoms with van der Waals surface area (Å²) in [5, 5.41) is 11.3. The first-order valence-corrected chi connectivity index (χ1v) is 4.10. The lowest BCUT2D eigenvalue weighted by atomic mass is 10.0. The Balaban J connectivity index is 4.43. The Morgan fingerprint density at radius 1 is 1.57 bits per heavy atom. The molecule has 14 heavy (non-hydrogen) atoms. The number of carbonyl (C=O) groups is 2. The van der Waals surface area contributed by atoms with Gasteiger partial charge >= 0.3 is 5.97 Å². The van der Waals surface area contributed by atoms with E-state index in [-0.39, 0.29) is 6.61 Å². The molecule has 0 aliphatic heterocycles. The van der Waals surface area contributed by atoms with Crippen molar-refractivity contribution in [3.05, 3.63) is 0 Å². The van der Waals surface area contributed by atoms with Crippen molar-refractivity contribution < 1.29 is 19.4 Å². The molecule has 0 aliphatic rings. The van der Waals surface area contributed by atoms with E-state index in [2.05, 4.69) is 5.32 Å². The number of hydrogen-bond donors (Lipinski definition) is 3. The number of carbonyl (C=O) groups excluding carboxylic acids is 1. The van der Waals surface area contributed by atoms with Crippen LogP contribution in [0.15, 0.2) is 0 Å². The molecule has 0 aromatic rings. The lowest BCUT2D eigenvalue weighted by Gasteiger charge is -2.26. The third-order valence-electron chi connectivity index (χ3n) is 1.78. The minimum Gasteiger partial charge on any atom is -0.480 e. The van der Waals surface area contributed by atoms with Crippen LogP contribution in [-0.4, -0.2) is 42.3 Å². The van der Waals surface area contributed by atoms with Crippen LogP contribution in [0, 0.1) is 0 Å². The predicted molar refractivity (Wildman–Crippen MR) is 49.7 cm³/mol. The lowest BCUT2D eigenvalue weighted by Crippen LogP contribution is -2.57. The number of carboxylic acid groups (broad SMARTS) is 1. The fraction of sp³-hybridized carbons (Fsp3) is 0.750. The van der Waals surface area contributed by atoms with E-state index in [4.69, 9.17) is 15.6 Å². The first kappa shape index (κ1) is 12.9. The van der Waals surface area contributed by atoms with E-state index in [9.17, 15) is 9.59 Å². The van der Waals surface area contributed by atoms with Crippen LogP contribution in [-0.2, 0) is 14.3 Å². The predicted octanol–water partition coefficient (Wildman–Crippen LogP) is -1.06. The van der Waals surface area contributed by atoms with Crippen molar-refractivity contribution in [3.8, 4) is 0 Å². The molecule has 0 aromatic heterocycles. The van der Waals surface area contributed by atoms with E-state index in [1.165, 1.54) is 21.0 Å². The van der Waals surface area contributed by atoms with Gasteiger partial charge in [-0.15, -0.1) is 0 Å². The molecule has 0 rings (SSSR count). The molecule has 1 unspecified atom stereocenters. The number of methoxy groups -OCH3 is 1. The summed E-state index contributed by atoms with van der Waals surface area (Å²) in [6.45, 7) is 3.01. The van der Waals surface area contributed by atoms with Crippen molar-refractivity contribution in [3.63, 3.8) is 0 Å². The second-order valence-electron chi connectivity index (χ2n) is 3.48. The van der Waals surface area contributed by atoms with E-state index in [0.717, 1.165) is 0 Å². The van der Waals surface area contributed by atoms with Crippen LogP contribution < -0.4 is 11.1 Å². The van der Waals surface area contributed by atoms with Gasteiger partial charge < -0.3 is 15.6 Å². The Hall–Kier alpha value is -1.14. The van der Waals surface area contributed by atoms with Crippen molar-refractivity contribution in [1.29, 1.82) is 0 Å². The number of primary amides is 1. The van der Waals surface area contributed by atoms with E-state index in [1.807, 2.05) is 0 Å². The Kier molecular flexibility index (Phi) is 4.52. The molecule has 1 atom stereocenters. The van der Waals surface area contributed by atoms with Gasteiger partial charge in [-0.2, -0.15) is 0 Å². The monoisotopic (exact) mass is 204 g/mol. The third kappa shape index (κ3) is 3.71. The number of nitrogens with one attached hydrogen (secondary N) is 1. The number of hydrogen-bond acceptors (Lipinski definition) is 4. The smallest absolute Gasteiger partial charge is 0.323 e. The quantitative estimate of drug-likeness (QED) is 0.512.